The van der Waals surface area contributed by atoms with Gasteiger partial charge >= 0.3 is 0 Å². The van der Waals surface area contributed by atoms with Crippen LogP contribution < -0.4 is 5.73 Å². The highest BCUT2D eigenvalue weighted by Gasteiger charge is 2.39. The van der Waals surface area contributed by atoms with Crippen molar-refractivity contribution in [1.29, 1.82) is 0 Å². The summed E-state index contributed by atoms with van der Waals surface area (Å²) in [6.45, 7) is 0. The van der Waals surface area contributed by atoms with Crippen molar-refractivity contribution in [2.24, 2.45) is 11.7 Å². The Labute approximate surface area is 98.0 Å². The summed E-state index contributed by atoms with van der Waals surface area (Å²) in [7, 11) is 0. The molecule has 2 atom stereocenters. The Morgan fingerprint density at radius 1 is 1.53 bits per heavy atom. The van der Waals surface area contributed by atoms with Gasteiger partial charge in [0.05, 0.1) is 6.20 Å². The molecule has 1 aromatic rings. The minimum atomic E-state index is -2.57. The lowest BCUT2D eigenvalue weighted by Gasteiger charge is -2.17. The van der Waals surface area contributed by atoms with Gasteiger partial charge in [-0.1, -0.05) is 0 Å². The number of rotatable bonds is 3. The van der Waals surface area contributed by atoms with Crippen molar-refractivity contribution in [3.05, 3.63) is 29.8 Å². The Balaban J connectivity index is 1.99. The second kappa shape index (κ2) is 4.64. The number of nitrogens with zero attached hydrogens (tertiary/aromatic N) is 1. The van der Waals surface area contributed by atoms with Crippen LogP contribution in [0.15, 0.2) is 18.5 Å². The molecule has 5 heteroatoms. The third kappa shape index (κ3) is 2.97. The quantitative estimate of drug-likeness (QED) is 0.887. The molecular weight excluding hydrogens is 229 g/mol. The molecule has 94 valence electrons. The lowest BCUT2D eigenvalue weighted by molar-refractivity contribution is 0.00446. The van der Waals surface area contributed by atoms with Gasteiger partial charge in [0.15, 0.2) is 0 Å². The van der Waals surface area contributed by atoms with Gasteiger partial charge in [-0.3, -0.25) is 4.98 Å². The van der Waals surface area contributed by atoms with Crippen molar-refractivity contribution in [3.8, 4) is 0 Å². The third-order valence-corrected chi connectivity index (χ3v) is 3.30. The van der Waals surface area contributed by atoms with E-state index in [0.29, 0.717) is 18.4 Å². The average molecular weight is 244 g/mol. The van der Waals surface area contributed by atoms with Crippen LogP contribution in [0, 0.1) is 11.7 Å². The van der Waals surface area contributed by atoms with Crippen molar-refractivity contribution in [3.63, 3.8) is 0 Å². The summed E-state index contributed by atoms with van der Waals surface area (Å²) in [5.41, 5.74) is 6.21. The molecule has 0 spiro atoms. The lowest BCUT2D eigenvalue weighted by atomic mass is 9.94. The van der Waals surface area contributed by atoms with E-state index in [1.54, 1.807) is 0 Å². The van der Waals surface area contributed by atoms with E-state index in [1.807, 2.05) is 0 Å². The zero-order chi connectivity index (χ0) is 12.5. The fraction of sp³-hybridized carbons (Fsp3) is 0.583. The van der Waals surface area contributed by atoms with Gasteiger partial charge in [0.25, 0.3) is 0 Å². The molecule has 2 nitrogen and oxygen atoms in total. The molecule has 1 saturated carbocycles. The molecule has 1 fully saturated rings. The molecule has 0 amide bonds. The highest BCUT2D eigenvalue weighted by molar-refractivity contribution is 5.17. The topological polar surface area (TPSA) is 38.9 Å². The normalized spacial score (nSPS) is 24.8. The van der Waals surface area contributed by atoms with Crippen LogP contribution in [0.5, 0.6) is 0 Å². The molecule has 2 N–H and O–H groups in total. The zero-order valence-corrected chi connectivity index (χ0v) is 9.37. The van der Waals surface area contributed by atoms with Gasteiger partial charge < -0.3 is 5.73 Å². The maximum Gasteiger partial charge on any atom is 0.248 e. The Hall–Kier alpha value is -1.10. The number of pyridine rings is 1. The first kappa shape index (κ1) is 12.4. The molecule has 0 aromatic carbocycles. The molecule has 17 heavy (non-hydrogen) atoms. The maximum atomic E-state index is 13.4. The standard InChI is InChI=1S/C12H15F3N2/c13-10-7-17-4-2-9(10)11(16)5-8-1-3-12(14,15)6-8/h2,4,7-8,11H,1,3,5-6,16H2. The number of hydrogen-bond donors (Lipinski definition) is 1. The van der Waals surface area contributed by atoms with E-state index in [9.17, 15) is 13.2 Å². The largest absolute Gasteiger partial charge is 0.324 e. The SMILES string of the molecule is NC(CC1CCC(F)(F)C1)c1ccncc1F. The lowest BCUT2D eigenvalue weighted by Crippen LogP contribution is -2.17. The van der Waals surface area contributed by atoms with E-state index in [0.717, 1.165) is 6.20 Å². The van der Waals surface area contributed by atoms with Gasteiger partial charge in [-0.25, -0.2) is 13.2 Å². The van der Waals surface area contributed by atoms with E-state index in [4.69, 9.17) is 5.73 Å². The number of halogens is 3. The average Bonchev–Trinajstić information content (AvgIpc) is 2.58. The second-order valence-corrected chi connectivity index (χ2v) is 4.70. The molecular formula is C12H15F3N2. The van der Waals surface area contributed by atoms with Crippen LogP contribution in [-0.2, 0) is 0 Å². The fourth-order valence-electron chi connectivity index (χ4n) is 2.42. The molecule has 0 radical (unpaired) electrons. The minimum Gasteiger partial charge on any atom is -0.324 e. The van der Waals surface area contributed by atoms with Crippen LogP contribution in [0.2, 0.25) is 0 Å². The first-order chi connectivity index (χ1) is 7.98. The Morgan fingerprint density at radius 2 is 2.29 bits per heavy atom. The van der Waals surface area contributed by atoms with Crippen LogP contribution >= 0.6 is 0 Å². The Morgan fingerprint density at radius 3 is 2.88 bits per heavy atom. The summed E-state index contributed by atoms with van der Waals surface area (Å²) in [4.78, 5) is 3.63. The monoisotopic (exact) mass is 244 g/mol. The van der Waals surface area contributed by atoms with E-state index in [1.165, 1.54) is 12.3 Å². The van der Waals surface area contributed by atoms with Crippen LogP contribution in [0.1, 0.15) is 37.3 Å². The van der Waals surface area contributed by atoms with E-state index < -0.39 is 17.8 Å². The van der Waals surface area contributed by atoms with Gasteiger partial charge in [-0.15, -0.1) is 0 Å². The van der Waals surface area contributed by atoms with Crippen molar-refractivity contribution in [2.45, 2.75) is 37.6 Å². The molecule has 2 rings (SSSR count). The van der Waals surface area contributed by atoms with E-state index in [2.05, 4.69) is 4.98 Å². The predicted molar refractivity (Wildman–Crippen MR) is 58.0 cm³/mol. The molecule has 0 aliphatic heterocycles. The highest BCUT2D eigenvalue weighted by atomic mass is 19.3. The smallest absolute Gasteiger partial charge is 0.248 e. The molecule has 1 heterocycles. The molecule has 0 saturated heterocycles. The minimum absolute atomic E-state index is 0.0801. The molecule has 1 aliphatic rings. The van der Waals surface area contributed by atoms with Crippen LogP contribution in [-0.4, -0.2) is 10.9 Å². The third-order valence-electron chi connectivity index (χ3n) is 3.30. The maximum absolute atomic E-state index is 13.4. The number of aromatic nitrogens is 1. The van der Waals surface area contributed by atoms with Crippen molar-refractivity contribution < 1.29 is 13.2 Å². The Bertz CT molecular complexity index is 395. The van der Waals surface area contributed by atoms with Crippen molar-refractivity contribution in [1.82, 2.24) is 4.98 Å². The van der Waals surface area contributed by atoms with Crippen LogP contribution in [0.3, 0.4) is 0 Å². The fourth-order valence-corrected chi connectivity index (χ4v) is 2.42. The summed E-state index contributed by atoms with van der Waals surface area (Å²) in [5, 5.41) is 0. The van der Waals surface area contributed by atoms with Crippen LogP contribution in [0.25, 0.3) is 0 Å². The van der Waals surface area contributed by atoms with Gasteiger partial charge in [0.1, 0.15) is 5.82 Å². The van der Waals surface area contributed by atoms with Crippen molar-refractivity contribution >= 4 is 0 Å². The van der Waals surface area contributed by atoms with Crippen LogP contribution in [0.4, 0.5) is 13.2 Å². The number of nitrogens with two attached hydrogens (primary N) is 1. The second-order valence-electron chi connectivity index (χ2n) is 4.70. The molecule has 1 aromatic heterocycles. The first-order valence-corrected chi connectivity index (χ1v) is 5.71. The van der Waals surface area contributed by atoms with Gasteiger partial charge in [0, 0.05) is 30.6 Å². The van der Waals surface area contributed by atoms with Gasteiger partial charge in [-0.05, 0) is 24.8 Å². The summed E-state index contributed by atoms with van der Waals surface area (Å²) >= 11 is 0. The number of hydrogen-bond acceptors (Lipinski definition) is 2. The molecule has 0 bridgehead atoms. The number of alkyl halides is 2. The molecule has 1 aliphatic carbocycles. The summed E-state index contributed by atoms with van der Waals surface area (Å²) in [6.07, 6.45) is 3.21. The van der Waals surface area contributed by atoms with E-state index in [-0.39, 0.29) is 18.8 Å². The van der Waals surface area contributed by atoms with Crippen molar-refractivity contribution in [2.75, 3.05) is 0 Å². The predicted octanol–water partition coefficient (Wildman–Crippen LogP) is 3.05. The highest BCUT2D eigenvalue weighted by Crippen LogP contribution is 2.42. The summed E-state index contributed by atoms with van der Waals surface area (Å²) in [6, 6.07) is 0.976. The van der Waals surface area contributed by atoms with Gasteiger partial charge in [0.2, 0.25) is 5.92 Å². The van der Waals surface area contributed by atoms with E-state index >= 15 is 0 Å². The Kier molecular flexibility index (Phi) is 3.38. The molecule has 2 unspecified atom stereocenters. The summed E-state index contributed by atoms with van der Waals surface area (Å²) in [5.74, 6) is -3.15. The summed E-state index contributed by atoms with van der Waals surface area (Å²) < 4.78 is 39.4. The zero-order valence-electron chi connectivity index (χ0n) is 9.37. The first-order valence-electron chi connectivity index (χ1n) is 5.71. The van der Waals surface area contributed by atoms with Gasteiger partial charge in [-0.2, -0.15) is 0 Å².